The topological polar surface area (TPSA) is 89.0 Å². The summed E-state index contributed by atoms with van der Waals surface area (Å²) in [6, 6.07) is 0. The predicted molar refractivity (Wildman–Crippen MR) is 87.2 cm³/mol. The van der Waals surface area contributed by atoms with Gasteiger partial charge in [0.1, 0.15) is 0 Å². The molecule has 1 rings (SSSR count). The maximum atomic E-state index is 12.2. The van der Waals surface area contributed by atoms with Gasteiger partial charge in [-0.1, -0.05) is 18.7 Å². The maximum Gasteiger partial charge on any atom is 0.343 e. The summed E-state index contributed by atoms with van der Waals surface area (Å²) in [4.78, 5) is 24.0. The van der Waals surface area contributed by atoms with E-state index in [1.807, 2.05) is 27.7 Å². The van der Waals surface area contributed by atoms with Crippen LogP contribution in [0.1, 0.15) is 40.5 Å². The molecule has 0 aromatic carbocycles. The van der Waals surface area contributed by atoms with Crippen LogP contribution in [0.2, 0.25) is 0 Å². The lowest BCUT2D eigenvalue weighted by molar-refractivity contribution is -0.121. The highest BCUT2D eigenvalue weighted by atomic mass is 32.2. The Balaban J connectivity index is 2.70. The summed E-state index contributed by atoms with van der Waals surface area (Å²) >= 11 is 1.28. The minimum absolute atomic E-state index is 0.0595. The van der Waals surface area contributed by atoms with Crippen molar-refractivity contribution in [3.63, 3.8) is 0 Å². The highest BCUT2D eigenvalue weighted by Crippen LogP contribution is 2.21. The number of thioether (sulfide) groups is 1. The van der Waals surface area contributed by atoms with Crippen LogP contribution in [0.25, 0.3) is 0 Å². The zero-order valence-electron chi connectivity index (χ0n) is 13.9. The molecule has 1 amide bonds. The Morgan fingerprint density at radius 1 is 1.55 bits per heavy atom. The second-order valence-corrected chi connectivity index (χ2v) is 7.10. The molecule has 0 fully saturated rings. The first-order valence-electron chi connectivity index (χ1n) is 7.43. The molecule has 0 aliphatic heterocycles. The second-order valence-electron chi connectivity index (χ2n) is 5.80. The summed E-state index contributed by atoms with van der Waals surface area (Å²) < 4.78 is 6.53. The van der Waals surface area contributed by atoms with Gasteiger partial charge in [0.05, 0.1) is 5.25 Å². The molecule has 126 valence electrons. The molecular formula is C14H26N4O3S. The van der Waals surface area contributed by atoms with Gasteiger partial charge in [-0.3, -0.25) is 9.36 Å². The molecule has 22 heavy (non-hydrogen) atoms. The van der Waals surface area contributed by atoms with E-state index in [9.17, 15) is 9.59 Å². The monoisotopic (exact) mass is 330 g/mol. The van der Waals surface area contributed by atoms with E-state index in [0.29, 0.717) is 24.7 Å². The van der Waals surface area contributed by atoms with Gasteiger partial charge in [0.25, 0.3) is 0 Å². The van der Waals surface area contributed by atoms with Gasteiger partial charge in [-0.15, -0.1) is 5.10 Å². The number of hydrogen-bond acceptors (Lipinski definition) is 5. The number of methoxy groups -OCH3 is 1. The van der Waals surface area contributed by atoms with Gasteiger partial charge in [0, 0.05) is 25.8 Å². The largest absolute Gasteiger partial charge is 0.385 e. The van der Waals surface area contributed by atoms with Crippen LogP contribution in [0.15, 0.2) is 9.95 Å². The average molecular weight is 330 g/mol. The normalized spacial score (nSPS) is 13.1. The molecule has 1 aromatic rings. The van der Waals surface area contributed by atoms with Gasteiger partial charge in [-0.05, 0) is 33.6 Å². The Morgan fingerprint density at radius 3 is 2.82 bits per heavy atom. The zero-order chi connectivity index (χ0) is 16.8. The lowest BCUT2D eigenvalue weighted by Gasteiger charge is -2.26. The molecule has 1 atom stereocenters. The summed E-state index contributed by atoms with van der Waals surface area (Å²) in [5.41, 5.74) is -0.504. The fourth-order valence-electron chi connectivity index (χ4n) is 1.69. The molecule has 2 N–H and O–H groups in total. The minimum Gasteiger partial charge on any atom is -0.385 e. The molecule has 7 nitrogen and oxygen atoms in total. The van der Waals surface area contributed by atoms with E-state index in [2.05, 4.69) is 15.5 Å². The van der Waals surface area contributed by atoms with Crippen molar-refractivity contribution >= 4 is 17.7 Å². The molecule has 1 aromatic heterocycles. The van der Waals surface area contributed by atoms with Gasteiger partial charge < -0.3 is 10.1 Å². The van der Waals surface area contributed by atoms with Crippen LogP contribution < -0.4 is 11.0 Å². The number of carbonyl (C=O) groups is 1. The smallest absolute Gasteiger partial charge is 0.343 e. The van der Waals surface area contributed by atoms with E-state index in [1.165, 1.54) is 11.8 Å². The van der Waals surface area contributed by atoms with Crippen molar-refractivity contribution in [1.29, 1.82) is 0 Å². The first-order valence-corrected chi connectivity index (χ1v) is 8.31. The van der Waals surface area contributed by atoms with Gasteiger partial charge in [-0.25, -0.2) is 9.89 Å². The summed E-state index contributed by atoms with van der Waals surface area (Å²) in [7, 11) is 1.62. The first kappa shape index (κ1) is 18.8. The molecule has 0 aliphatic rings. The Morgan fingerprint density at radius 2 is 2.23 bits per heavy atom. The summed E-state index contributed by atoms with van der Waals surface area (Å²) in [5, 5.41) is 9.63. The highest BCUT2D eigenvalue weighted by molar-refractivity contribution is 8.00. The molecule has 0 bridgehead atoms. The van der Waals surface area contributed by atoms with E-state index in [-0.39, 0.29) is 22.4 Å². The van der Waals surface area contributed by atoms with Crippen LogP contribution in [0.5, 0.6) is 0 Å². The van der Waals surface area contributed by atoms with E-state index in [0.717, 1.165) is 6.42 Å². The maximum absolute atomic E-state index is 12.2. The molecule has 8 heteroatoms. The van der Waals surface area contributed by atoms with Crippen molar-refractivity contribution in [3.05, 3.63) is 10.5 Å². The molecule has 0 spiro atoms. The number of aromatic nitrogens is 3. The number of carbonyl (C=O) groups excluding carboxylic acids is 1. The summed E-state index contributed by atoms with van der Waals surface area (Å²) in [5.74, 6) is -0.0595. The van der Waals surface area contributed by atoms with Crippen molar-refractivity contribution in [2.45, 2.75) is 63.0 Å². The van der Waals surface area contributed by atoms with Crippen LogP contribution in [-0.4, -0.2) is 45.2 Å². The summed E-state index contributed by atoms with van der Waals surface area (Å²) in [6.45, 7) is 8.89. The van der Waals surface area contributed by atoms with E-state index in [1.54, 1.807) is 11.7 Å². The van der Waals surface area contributed by atoms with E-state index < -0.39 is 0 Å². The molecule has 0 saturated carbocycles. The fraction of sp³-hybridized carbons (Fsp3) is 0.786. The first-order chi connectivity index (χ1) is 10.3. The molecule has 0 aliphatic carbocycles. The average Bonchev–Trinajstić information content (AvgIpc) is 2.80. The van der Waals surface area contributed by atoms with Gasteiger partial charge in [0.2, 0.25) is 5.91 Å². The Hall–Kier alpha value is -1.28. The number of hydrogen-bond donors (Lipinski definition) is 2. The molecule has 0 saturated heterocycles. The molecule has 1 unspecified atom stereocenters. The van der Waals surface area contributed by atoms with Crippen LogP contribution in [-0.2, 0) is 16.1 Å². The number of rotatable bonds is 9. The fourth-order valence-corrected chi connectivity index (χ4v) is 2.57. The SMILES string of the molecule is CCC(C)(C)NC(=O)C(C)Sc1n[nH]c(=O)n1CCCOC. The number of nitrogens with one attached hydrogen (secondary N) is 2. The van der Waals surface area contributed by atoms with Gasteiger partial charge in [-0.2, -0.15) is 0 Å². The zero-order valence-corrected chi connectivity index (χ0v) is 14.7. The van der Waals surface area contributed by atoms with Gasteiger partial charge >= 0.3 is 5.69 Å². The standard InChI is InChI=1S/C14H26N4O3S/c1-6-14(3,4)15-11(19)10(2)22-13-17-16-12(20)18(13)8-7-9-21-5/h10H,6-9H2,1-5H3,(H,15,19)(H,16,20). The Kier molecular flexibility index (Phi) is 7.15. The van der Waals surface area contributed by atoms with E-state index in [4.69, 9.17) is 4.74 Å². The van der Waals surface area contributed by atoms with Crippen LogP contribution in [0, 0.1) is 0 Å². The highest BCUT2D eigenvalue weighted by Gasteiger charge is 2.24. The molecular weight excluding hydrogens is 304 g/mol. The van der Waals surface area contributed by atoms with Crippen LogP contribution >= 0.6 is 11.8 Å². The van der Waals surface area contributed by atoms with Crippen LogP contribution in [0.3, 0.4) is 0 Å². The summed E-state index contributed by atoms with van der Waals surface area (Å²) in [6.07, 6.45) is 1.56. The predicted octanol–water partition coefficient (Wildman–Crippen LogP) is 1.39. The van der Waals surface area contributed by atoms with Crippen molar-refractivity contribution in [2.75, 3.05) is 13.7 Å². The minimum atomic E-state index is -0.331. The van der Waals surface area contributed by atoms with Crippen molar-refractivity contribution in [2.24, 2.45) is 0 Å². The lowest BCUT2D eigenvalue weighted by atomic mass is 10.0. The van der Waals surface area contributed by atoms with Gasteiger partial charge in [0.15, 0.2) is 5.16 Å². The number of nitrogens with zero attached hydrogens (tertiary/aromatic N) is 2. The quantitative estimate of drug-likeness (QED) is 0.528. The number of ether oxygens (including phenoxy) is 1. The van der Waals surface area contributed by atoms with Crippen molar-refractivity contribution in [1.82, 2.24) is 20.1 Å². The number of amides is 1. The number of H-pyrrole nitrogens is 1. The van der Waals surface area contributed by atoms with Crippen molar-refractivity contribution < 1.29 is 9.53 Å². The van der Waals surface area contributed by atoms with Crippen LogP contribution in [0.4, 0.5) is 0 Å². The second kappa shape index (κ2) is 8.38. The molecule has 0 radical (unpaired) electrons. The lowest BCUT2D eigenvalue weighted by Crippen LogP contribution is -2.46. The van der Waals surface area contributed by atoms with E-state index >= 15 is 0 Å². The molecule has 1 heterocycles. The van der Waals surface area contributed by atoms with Crippen molar-refractivity contribution in [3.8, 4) is 0 Å². The Labute approximate surface area is 135 Å². The number of aromatic amines is 1. The Bertz CT molecular complexity index is 538. The third kappa shape index (κ3) is 5.49. The third-order valence-electron chi connectivity index (χ3n) is 3.45. The third-order valence-corrected chi connectivity index (χ3v) is 4.54.